The molecule has 1 atom stereocenters. The molecule has 1 aliphatic heterocycles. The van der Waals surface area contributed by atoms with E-state index in [1.165, 1.54) is 5.56 Å². The Bertz CT molecular complexity index is 1240. The molecule has 2 heterocycles. The maximum absolute atomic E-state index is 13.1. The standard InChI is InChI=1S/C28H34N4O4S/c1-5-7-17-37-28-30-27-29-19(3)24(26(33)35-6-2)25(32(27)31-28)21-13-14-22(23(18-21)34-4)36-16-15-20-11-9-8-10-12-20/h8-14,18,25H,5-7,15-17H2,1-4H3,(H,29,30,31). The molecule has 8 nitrogen and oxygen atoms in total. The molecule has 0 spiro atoms. The van der Waals surface area contributed by atoms with Gasteiger partial charge in [-0.15, -0.1) is 5.10 Å². The van der Waals surface area contributed by atoms with E-state index in [-0.39, 0.29) is 12.6 Å². The lowest BCUT2D eigenvalue weighted by Crippen LogP contribution is -2.29. The number of ether oxygens (including phenoxy) is 3. The maximum Gasteiger partial charge on any atom is 0.338 e. The number of methoxy groups -OCH3 is 1. The van der Waals surface area contributed by atoms with E-state index in [2.05, 4.69) is 29.4 Å². The van der Waals surface area contributed by atoms with Crippen molar-refractivity contribution in [1.29, 1.82) is 0 Å². The third-order valence-corrected chi connectivity index (χ3v) is 6.98. The molecule has 1 aliphatic rings. The number of allylic oxidation sites excluding steroid dienone is 1. The number of rotatable bonds is 12. The Morgan fingerprint density at radius 3 is 2.68 bits per heavy atom. The first kappa shape index (κ1) is 26.6. The fraction of sp³-hybridized carbons (Fsp3) is 0.393. The van der Waals surface area contributed by atoms with Gasteiger partial charge >= 0.3 is 5.97 Å². The molecule has 0 radical (unpaired) electrons. The second kappa shape index (κ2) is 12.7. The molecule has 0 aliphatic carbocycles. The number of thioether (sulfide) groups is 1. The fourth-order valence-electron chi connectivity index (χ4n) is 4.18. The van der Waals surface area contributed by atoms with Gasteiger partial charge in [0.2, 0.25) is 11.1 Å². The average Bonchev–Trinajstić information content (AvgIpc) is 3.31. The Morgan fingerprint density at radius 1 is 1.14 bits per heavy atom. The van der Waals surface area contributed by atoms with Crippen LogP contribution >= 0.6 is 11.8 Å². The highest BCUT2D eigenvalue weighted by Gasteiger charge is 2.35. The molecule has 0 fully saturated rings. The number of benzene rings is 2. The van der Waals surface area contributed by atoms with Gasteiger partial charge in [-0.05, 0) is 43.5 Å². The van der Waals surface area contributed by atoms with Crippen molar-refractivity contribution in [3.05, 3.63) is 70.9 Å². The lowest BCUT2D eigenvalue weighted by atomic mass is 9.95. The largest absolute Gasteiger partial charge is 0.493 e. The molecule has 1 unspecified atom stereocenters. The molecule has 1 aromatic heterocycles. The predicted molar refractivity (Wildman–Crippen MR) is 145 cm³/mol. The summed E-state index contributed by atoms with van der Waals surface area (Å²) in [6.07, 6.45) is 2.98. The fourth-order valence-corrected chi connectivity index (χ4v) is 5.09. The zero-order valence-corrected chi connectivity index (χ0v) is 22.6. The van der Waals surface area contributed by atoms with Crippen LogP contribution in [0.3, 0.4) is 0 Å². The number of nitrogens with zero attached hydrogens (tertiary/aromatic N) is 3. The summed E-state index contributed by atoms with van der Waals surface area (Å²) < 4.78 is 18.9. The van der Waals surface area contributed by atoms with Gasteiger partial charge in [-0.25, -0.2) is 9.48 Å². The van der Waals surface area contributed by atoms with Crippen molar-refractivity contribution in [2.75, 3.05) is 31.4 Å². The Hall–Kier alpha value is -3.46. The third-order valence-electron chi connectivity index (χ3n) is 6.05. The van der Waals surface area contributed by atoms with Crippen LogP contribution < -0.4 is 14.8 Å². The molecular weight excluding hydrogens is 488 g/mol. The first-order valence-electron chi connectivity index (χ1n) is 12.6. The number of nitrogens with one attached hydrogen (secondary N) is 1. The minimum atomic E-state index is -0.518. The number of hydrogen-bond acceptors (Lipinski definition) is 8. The maximum atomic E-state index is 13.1. The van der Waals surface area contributed by atoms with E-state index in [0.29, 0.717) is 40.5 Å². The first-order chi connectivity index (χ1) is 18.0. The van der Waals surface area contributed by atoms with Crippen LogP contribution in [0, 0.1) is 0 Å². The topological polar surface area (TPSA) is 87.5 Å². The average molecular weight is 523 g/mol. The molecule has 3 aromatic rings. The van der Waals surface area contributed by atoms with E-state index < -0.39 is 6.04 Å². The number of esters is 1. The van der Waals surface area contributed by atoms with Gasteiger partial charge in [0, 0.05) is 17.9 Å². The number of carbonyl (C=O) groups excluding carboxylic acids is 1. The van der Waals surface area contributed by atoms with Crippen LogP contribution in [0.5, 0.6) is 11.5 Å². The Labute approximate surface area is 222 Å². The number of aromatic nitrogens is 3. The smallest absolute Gasteiger partial charge is 0.338 e. The van der Waals surface area contributed by atoms with Gasteiger partial charge in [0.05, 0.1) is 25.9 Å². The molecule has 0 saturated carbocycles. The van der Waals surface area contributed by atoms with Crippen LogP contribution in [-0.4, -0.2) is 46.8 Å². The Morgan fingerprint density at radius 2 is 1.95 bits per heavy atom. The van der Waals surface area contributed by atoms with Gasteiger partial charge < -0.3 is 19.5 Å². The minimum Gasteiger partial charge on any atom is -0.493 e. The van der Waals surface area contributed by atoms with Crippen molar-refractivity contribution in [2.24, 2.45) is 0 Å². The first-order valence-corrected chi connectivity index (χ1v) is 13.6. The van der Waals surface area contributed by atoms with Gasteiger partial charge in [0.1, 0.15) is 6.04 Å². The van der Waals surface area contributed by atoms with Crippen molar-refractivity contribution in [2.45, 2.75) is 51.2 Å². The summed E-state index contributed by atoms with van der Waals surface area (Å²) in [4.78, 5) is 17.8. The quantitative estimate of drug-likeness (QED) is 0.185. The molecule has 0 bridgehead atoms. The van der Waals surface area contributed by atoms with Gasteiger partial charge in [-0.3, -0.25) is 0 Å². The lowest BCUT2D eigenvalue weighted by molar-refractivity contribution is -0.139. The summed E-state index contributed by atoms with van der Waals surface area (Å²) in [7, 11) is 1.61. The zero-order chi connectivity index (χ0) is 26.2. The number of unbranched alkanes of at least 4 members (excludes halogenated alkanes) is 1. The van der Waals surface area contributed by atoms with Crippen LogP contribution in [0.25, 0.3) is 0 Å². The van der Waals surface area contributed by atoms with Gasteiger partial charge in [-0.1, -0.05) is 61.5 Å². The van der Waals surface area contributed by atoms with Crippen LogP contribution in [0.2, 0.25) is 0 Å². The SMILES string of the molecule is CCCCSc1nc2n(n1)C(c1ccc(OCCc3ccccc3)c(OC)c1)C(C(=O)OCC)=C(C)N2. The second-order valence-corrected chi connectivity index (χ2v) is 9.71. The van der Waals surface area contributed by atoms with Gasteiger partial charge in [0.25, 0.3) is 0 Å². The Kier molecular flexibility index (Phi) is 9.11. The highest BCUT2D eigenvalue weighted by molar-refractivity contribution is 7.99. The molecule has 2 aromatic carbocycles. The van der Waals surface area contributed by atoms with Crippen molar-refractivity contribution in [1.82, 2.24) is 14.8 Å². The summed E-state index contributed by atoms with van der Waals surface area (Å²) in [5.41, 5.74) is 3.21. The van der Waals surface area contributed by atoms with E-state index in [1.54, 1.807) is 30.5 Å². The normalized spacial score (nSPS) is 14.6. The summed E-state index contributed by atoms with van der Waals surface area (Å²) in [5.74, 6) is 2.37. The third kappa shape index (κ3) is 6.28. The zero-order valence-electron chi connectivity index (χ0n) is 21.8. The molecule has 1 N–H and O–H groups in total. The summed E-state index contributed by atoms with van der Waals surface area (Å²) in [5, 5.41) is 8.68. The highest BCUT2D eigenvalue weighted by Crippen LogP contribution is 2.40. The van der Waals surface area contributed by atoms with E-state index in [1.807, 2.05) is 43.3 Å². The molecule has 9 heteroatoms. The van der Waals surface area contributed by atoms with Gasteiger partial charge in [-0.2, -0.15) is 4.98 Å². The number of fused-ring (bicyclic) bond motifs is 1. The number of anilines is 1. The number of hydrogen-bond donors (Lipinski definition) is 1. The van der Waals surface area contributed by atoms with Crippen LogP contribution in [0.4, 0.5) is 5.95 Å². The minimum absolute atomic E-state index is 0.280. The van der Waals surface area contributed by atoms with Crippen molar-refractivity contribution < 1.29 is 19.0 Å². The van der Waals surface area contributed by atoms with Crippen molar-refractivity contribution in [3.8, 4) is 11.5 Å². The molecule has 4 rings (SSSR count). The van der Waals surface area contributed by atoms with Crippen LogP contribution in [0.1, 0.15) is 50.8 Å². The second-order valence-electron chi connectivity index (χ2n) is 8.65. The van der Waals surface area contributed by atoms with Crippen LogP contribution in [0.15, 0.2) is 65.0 Å². The molecule has 37 heavy (non-hydrogen) atoms. The van der Waals surface area contributed by atoms with Crippen LogP contribution in [-0.2, 0) is 16.0 Å². The van der Waals surface area contributed by atoms with Crippen molar-refractivity contribution >= 4 is 23.7 Å². The summed E-state index contributed by atoms with van der Waals surface area (Å²) in [6.45, 7) is 6.62. The summed E-state index contributed by atoms with van der Waals surface area (Å²) >= 11 is 1.61. The van der Waals surface area contributed by atoms with Crippen molar-refractivity contribution in [3.63, 3.8) is 0 Å². The summed E-state index contributed by atoms with van der Waals surface area (Å²) in [6, 6.07) is 15.4. The van der Waals surface area contributed by atoms with Gasteiger partial charge in [0.15, 0.2) is 11.5 Å². The van der Waals surface area contributed by atoms with E-state index in [0.717, 1.165) is 30.6 Å². The van der Waals surface area contributed by atoms with E-state index in [9.17, 15) is 4.79 Å². The molecule has 0 amide bonds. The Balaban J connectivity index is 1.64. The lowest BCUT2D eigenvalue weighted by Gasteiger charge is -2.28. The molecular formula is C28H34N4O4S. The van der Waals surface area contributed by atoms with E-state index in [4.69, 9.17) is 19.3 Å². The van der Waals surface area contributed by atoms with E-state index >= 15 is 0 Å². The molecule has 0 saturated heterocycles. The monoisotopic (exact) mass is 522 g/mol. The highest BCUT2D eigenvalue weighted by atomic mass is 32.2. The predicted octanol–water partition coefficient (Wildman–Crippen LogP) is 5.65. The molecule has 196 valence electrons. The number of carbonyl (C=O) groups is 1.